The minimum absolute atomic E-state index is 0.127. The first-order valence-electron chi connectivity index (χ1n) is 3.68. The molecule has 0 spiro atoms. The maximum Gasteiger partial charge on any atom is 0.123 e. The van der Waals surface area contributed by atoms with Crippen molar-refractivity contribution < 1.29 is 4.39 Å². The van der Waals surface area contributed by atoms with E-state index in [0.717, 1.165) is 12.8 Å². The lowest BCUT2D eigenvalue weighted by Gasteiger charge is -2.14. The molecule has 60 valence electrons. The maximum atomic E-state index is 12.0. The zero-order valence-electron chi connectivity index (χ0n) is 6.51. The summed E-state index contributed by atoms with van der Waals surface area (Å²) in [6.07, 6.45) is 1.66. The van der Waals surface area contributed by atoms with Crippen LogP contribution in [0.5, 0.6) is 0 Å². The molecular weight excluding hydrogens is 133 g/mol. The Kier molecular flexibility index (Phi) is 5.08. The molecule has 0 aromatic carbocycles. The van der Waals surface area contributed by atoms with Crippen LogP contribution in [0.4, 0.5) is 4.39 Å². The van der Waals surface area contributed by atoms with Gasteiger partial charge in [-0.15, -0.1) is 0 Å². The van der Waals surface area contributed by atoms with E-state index in [2.05, 4.69) is 5.18 Å². The van der Waals surface area contributed by atoms with Crippen LogP contribution in [0.2, 0.25) is 0 Å². The summed E-state index contributed by atoms with van der Waals surface area (Å²) in [5.41, 5.74) is 0. The smallest absolute Gasteiger partial charge is 0.123 e. The van der Waals surface area contributed by atoms with Crippen LogP contribution in [0.15, 0.2) is 5.18 Å². The highest BCUT2D eigenvalue weighted by molar-refractivity contribution is 4.72. The number of halogens is 1. The first-order chi connectivity index (χ1) is 4.79. The fourth-order valence-corrected chi connectivity index (χ4v) is 1.07. The minimum Gasteiger partial charge on any atom is -0.249 e. The molecule has 0 saturated carbocycles. The molecule has 3 heteroatoms. The minimum atomic E-state index is -0.616. The van der Waals surface area contributed by atoms with Crippen molar-refractivity contribution in [2.75, 3.05) is 6.67 Å². The lowest BCUT2D eigenvalue weighted by atomic mass is 9.96. The van der Waals surface area contributed by atoms with Gasteiger partial charge in [0.05, 0.1) is 0 Å². The summed E-state index contributed by atoms with van der Waals surface area (Å²) in [4.78, 5) is 10.0. The Morgan fingerprint density at radius 3 is 2.00 bits per heavy atom. The van der Waals surface area contributed by atoms with Crippen molar-refractivity contribution in [3.63, 3.8) is 0 Å². The zero-order chi connectivity index (χ0) is 7.98. The van der Waals surface area contributed by atoms with Crippen LogP contribution in [-0.4, -0.2) is 12.7 Å². The van der Waals surface area contributed by atoms with E-state index >= 15 is 0 Å². The van der Waals surface area contributed by atoms with Gasteiger partial charge >= 0.3 is 0 Å². The summed E-state index contributed by atoms with van der Waals surface area (Å²) in [6.45, 7) is 3.28. The first kappa shape index (κ1) is 9.53. The van der Waals surface area contributed by atoms with Crippen LogP contribution in [0.25, 0.3) is 0 Å². The summed E-state index contributed by atoms with van der Waals surface area (Å²) >= 11 is 0. The van der Waals surface area contributed by atoms with Crippen molar-refractivity contribution in [3.8, 4) is 0 Å². The second-order valence-electron chi connectivity index (χ2n) is 2.40. The Hall–Kier alpha value is -0.470. The zero-order valence-corrected chi connectivity index (χ0v) is 6.51. The molecule has 0 aliphatic heterocycles. The lowest BCUT2D eigenvalue weighted by molar-refractivity contribution is 0.319. The second kappa shape index (κ2) is 5.33. The van der Waals surface area contributed by atoms with Gasteiger partial charge < -0.3 is 0 Å². The Morgan fingerprint density at radius 2 is 1.90 bits per heavy atom. The molecule has 0 fully saturated rings. The normalized spacial score (nSPS) is 13.6. The maximum absolute atomic E-state index is 12.0. The van der Waals surface area contributed by atoms with Crippen LogP contribution in [0, 0.1) is 10.8 Å². The second-order valence-corrected chi connectivity index (χ2v) is 2.40. The van der Waals surface area contributed by atoms with Gasteiger partial charge in [0.25, 0.3) is 0 Å². The first-order valence-corrected chi connectivity index (χ1v) is 3.68. The Labute approximate surface area is 60.8 Å². The number of nitroso groups, excluding NO2 is 1. The molecule has 0 aliphatic carbocycles. The fraction of sp³-hybridized carbons (Fsp3) is 1.00. The van der Waals surface area contributed by atoms with Crippen LogP contribution >= 0.6 is 0 Å². The van der Waals surface area contributed by atoms with Crippen molar-refractivity contribution in [2.24, 2.45) is 11.1 Å². The van der Waals surface area contributed by atoms with Gasteiger partial charge in [-0.3, -0.25) is 0 Å². The van der Waals surface area contributed by atoms with Gasteiger partial charge in [-0.05, 0) is 5.92 Å². The van der Waals surface area contributed by atoms with Gasteiger partial charge in [0, 0.05) is 0 Å². The molecule has 0 radical (unpaired) electrons. The highest BCUT2D eigenvalue weighted by Crippen LogP contribution is 2.16. The molecule has 0 saturated heterocycles. The molecular formula is C7H14FNO. The van der Waals surface area contributed by atoms with Crippen LogP contribution in [0.1, 0.15) is 26.7 Å². The standard InChI is InChI=1S/C7H14FNO/c1-3-6(4-2)7(5-8)9-10/h6-7H,3-5H2,1-2H3. The molecule has 0 N–H and O–H groups in total. The monoisotopic (exact) mass is 147 g/mol. The third-order valence-corrected chi connectivity index (χ3v) is 1.89. The van der Waals surface area contributed by atoms with Gasteiger partial charge in [-0.2, -0.15) is 4.91 Å². The van der Waals surface area contributed by atoms with Crippen molar-refractivity contribution in [1.82, 2.24) is 0 Å². The summed E-state index contributed by atoms with van der Waals surface area (Å²) in [6, 6.07) is -0.616. The van der Waals surface area contributed by atoms with E-state index in [4.69, 9.17) is 0 Å². The van der Waals surface area contributed by atoms with Crippen molar-refractivity contribution >= 4 is 0 Å². The van der Waals surface area contributed by atoms with Gasteiger partial charge in [0.2, 0.25) is 0 Å². The Balaban J connectivity index is 3.81. The number of nitrogens with zero attached hydrogens (tertiary/aromatic N) is 1. The van der Waals surface area contributed by atoms with E-state index in [1.54, 1.807) is 0 Å². The van der Waals surface area contributed by atoms with Crippen molar-refractivity contribution in [3.05, 3.63) is 4.91 Å². The third kappa shape index (κ3) is 2.42. The quantitative estimate of drug-likeness (QED) is 0.549. The van der Waals surface area contributed by atoms with E-state index in [1.807, 2.05) is 13.8 Å². The molecule has 0 amide bonds. The van der Waals surface area contributed by atoms with Gasteiger partial charge in [-0.25, -0.2) is 4.39 Å². The average molecular weight is 147 g/mol. The lowest BCUT2D eigenvalue weighted by Crippen LogP contribution is -2.18. The third-order valence-electron chi connectivity index (χ3n) is 1.89. The van der Waals surface area contributed by atoms with E-state index in [1.165, 1.54) is 0 Å². The summed E-state index contributed by atoms with van der Waals surface area (Å²) < 4.78 is 12.0. The SMILES string of the molecule is CCC(CC)C(CF)N=O. The number of hydrogen-bond donors (Lipinski definition) is 0. The van der Waals surface area contributed by atoms with Crippen molar-refractivity contribution in [2.45, 2.75) is 32.7 Å². The van der Waals surface area contributed by atoms with Crippen molar-refractivity contribution in [1.29, 1.82) is 0 Å². The van der Waals surface area contributed by atoms with E-state index in [9.17, 15) is 9.30 Å². The predicted molar refractivity (Wildman–Crippen MR) is 39.6 cm³/mol. The van der Waals surface area contributed by atoms with Crippen LogP contribution < -0.4 is 0 Å². The molecule has 0 rings (SSSR count). The average Bonchev–Trinajstić information content (AvgIpc) is 2.00. The van der Waals surface area contributed by atoms with Gasteiger partial charge in [0.15, 0.2) is 0 Å². The topological polar surface area (TPSA) is 29.4 Å². The molecule has 0 aromatic heterocycles. The van der Waals surface area contributed by atoms with Gasteiger partial charge in [-0.1, -0.05) is 31.9 Å². The highest BCUT2D eigenvalue weighted by Gasteiger charge is 2.18. The van der Waals surface area contributed by atoms with E-state index < -0.39 is 12.7 Å². The summed E-state index contributed by atoms with van der Waals surface area (Å²) in [5.74, 6) is 0.127. The Morgan fingerprint density at radius 1 is 1.40 bits per heavy atom. The van der Waals surface area contributed by atoms with E-state index in [-0.39, 0.29) is 5.92 Å². The number of rotatable bonds is 5. The molecule has 0 bridgehead atoms. The van der Waals surface area contributed by atoms with Crippen LogP contribution in [0.3, 0.4) is 0 Å². The number of hydrogen-bond acceptors (Lipinski definition) is 2. The predicted octanol–water partition coefficient (Wildman–Crippen LogP) is 2.53. The number of alkyl halides is 1. The largest absolute Gasteiger partial charge is 0.249 e. The fourth-order valence-electron chi connectivity index (χ4n) is 1.07. The molecule has 0 heterocycles. The summed E-state index contributed by atoms with van der Waals surface area (Å²) in [5, 5.41) is 2.72. The Bertz CT molecular complexity index is 93.6. The molecule has 10 heavy (non-hydrogen) atoms. The molecule has 0 aromatic rings. The van der Waals surface area contributed by atoms with E-state index in [0.29, 0.717) is 0 Å². The molecule has 0 aliphatic rings. The van der Waals surface area contributed by atoms with Gasteiger partial charge in [0.1, 0.15) is 12.7 Å². The van der Waals surface area contributed by atoms with Crippen LogP contribution in [-0.2, 0) is 0 Å². The summed E-state index contributed by atoms with van der Waals surface area (Å²) in [7, 11) is 0. The molecule has 2 nitrogen and oxygen atoms in total. The molecule has 1 unspecified atom stereocenters. The highest BCUT2D eigenvalue weighted by atomic mass is 19.1. The molecule has 1 atom stereocenters.